The largest absolute Gasteiger partial charge is 0.478 e. The summed E-state index contributed by atoms with van der Waals surface area (Å²) in [5, 5.41) is 23.2. The maximum absolute atomic E-state index is 11.1. The van der Waals surface area contributed by atoms with Crippen LogP contribution in [0.15, 0.2) is 18.2 Å². The minimum absolute atomic E-state index is 0.0236. The topological polar surface area (TPSA) is 95.7 Å². The van der Waals surface area contributed by atoms with Crippen molar-refractivity contribution >= 4 is 17.3 Å². The quantitative estimate of drug-likeness (QED) is 0.592. The summed E-state index contributed by atoms with van der Waals surface area (Å²) in [5.74, 6) is -0.873. The van der Waals surface area contributed by atoms with Crippen LogP contribution < -0.4 is 5.32 Å². The van der Waals surface area contributed by atoms with Gasteiger partial charge in [0.2, 0.25) is 0 Å². The third-order valence-electron chi connectivity index (χ3n) is 3.15. The van der Waals surface area contributed by atoms with Gasteiger partial charge in [-0.3, -0.25) is 10.1 Å². The van der Waals surface area contributed by atoms with Crippen molar-refractivity contribution in [3.63, 3.8) is 0 Å². The van der Waals surface area contributed by atoms with Crippen LogP contribution >= 0.6 is 0 Å². The van der Waals surface area contributed by atoms with E-state index in [0.717, 1.165) is 0 Å². The van der Waals surface area contributed by atoms with Crippen molar-refractivity contribution in [1.82, 2.24) is 4.90 Å². The number of carbonyl (C=O) groups is 1. The van der Waals surface area contributed by atoms with Gasteiger partial charge < -0.3 is 15.3 Å². The maximum Gasteiger partial charge on any atom is 0.335 e. The molecule has 7 heteroatoms. The fourth-order valence-electron chi connectivity index (χ4n) is 1.96. The second-order valence-electron chi connectivity index (χ2n) is 5.55. The summed E-state index contributed by atoms with van der Waals surface area (Å²) in [7, 11) is 3.83. The Kier molecular flexibility index (Phi) is 5.66. The molecule has 0 heterocycles. The van der Waals surface area contributed by atoms with Crippen molar-refractivity contribution in [2.45, 2.75) is 19.9 Å². The number of rotatable bonds is 7. The zero-order valence-electron chi connectivity index (χ0n) is 12.7. The van der Waals surface area contributed by atoms with Gasteiger partial charge in [0.1, 0.15) is 5.69 Å². The molecule has 1 unspecified atom stereocenters. The molecule has 21 heavy (non-hydrogen) atoms. The maximum atomic E-state index is 11.1. The molecular formula is C14H21N3O4. The molecule has 0 aromatic heterocycles. The van der Waals surface area contributed by atoms with Crippen LogP contribution in [-0.4, -0.2) is 47.6 Å². The first-order valence-electron chi connectivity index (χ1n) is 6.65. The Labute approximate surface area is 123 Å². The molecule has 2 N–H and O–H groups in total. The van der Waals surface area contributed by atoms with E-state index in [9.17, 15) is 14.9 Å². The average molecular weight is 295 g/mol. The number of nitrogens with zero attached hydrogens (tertiary/aromatic N) is 2. The Balaban J connectivity index is 3.15. The molecule has 0 bridgehead atoms. The van der Waals surface area contributed by atoms with Crippen LogP contribution in [0.5, 0.6) is 0 Å². The normalized spacial score (nSPS) is 12.5. The van der Waals surface area contributed by atoms with Crippen molar-refractivity contribution < 1.29 is 14.8 Å². The summed E-state index contributed by atoms with van der Waals surface area (Å²) in [6.45, 7) is 4.70. The first-order valence-corrected chi connectivity index (χ1v) is 6.65. The average Bonchev–Trinajstić information content (AvgIpc) is 2.36. The summed E-state index contributed by atoms with van der Waals surface area (Å²) in [5.41, 5.74) is 0.139. The second-order valence-corrected chi connectivity index (χ2v) is 5.55. The van der Waals surface area contributed by atoms with Gasteiger partial charge >= 0.3 is 5.97 Å². The highest BCUT2D eigenvalue weighted by molar-refractivity contribution is 5.90. The van der Waals surface area contributed by atoms with E-state index in [-0.39, 0.29) is 28.9 Å². The van der Waals surface area contributed by atoms with Gasteiger partial charge in [0, 0.05) is 18.7 Å². The van der Waals surface area contributed by atoms with Crippen LogP contribution in [0.25, 0.3) is 0 Å². The van der Waals surface area contributed by atoms with Crippen molar-refractivity contribution in [1.29, 1.82) is 0 Å². The number of benzene rings is 1. The molecule has 0 aliphatic heterocycles. The molecule has 0 spiro atoms. The summed E-state index contributed by atoms with van der Waals surface area (Å²) in [6.07, 6.45) is 0. The van der Waals surface area contributed by atoms with Gasteiger partial charge in [0.15, 0.2) is 0 Å². The van der Waals surface area contributed by atoms with Crippen LogP contribution in [0.1, 0.15) is 24.2 Å². The van der Waals surface area contributed by atoms with Gasteiger partial charge in [0.25, 0.3) is 5.69 Å². The number of aromatic carboxylic acids is 1. The molecule has 0 saturated heterocycles. The number of nitro groups is 1. The van der Waals surface area contributed by atoms with Crippen LogP contribution in [0, 0.1) is 16.0 Å². The van der Waals surface area contributed by atoms with Crippen molar-refractivity contribution in [2.75, 3.05) is 26.0 Å². The fraction of sp³-hybridized carbons (Fsp3) is 0.500. The number of carboxylic acids is 1. The van der Waals surface area contributed by atoms with Crippen molar-refractivity contribution in [3.8, 4) is 0 Å². The van der Waals surface area contributed by atoms with Gasteiger partial charge in [-0.2, -0.15) is 0 Å². The highest BCUT2D eigenvalue weighted by Gasteiger charge is 2.21. The number of nitrogens with one attached hydrogen (secondary N) is 1. The van der Waals surface area contributed by atoms with E-state index < -0.39 is 10.9 Å². The summed E-state index contributed by atoms with van der Waals surface area (Å²) < 4.78 is 0. The summed E-state index contributed by atoms with van der Waals surface area (Å²) in [4.78, 5) is 23.6. The fourth-order valence-corrected chi connectivity index (χ4v) is 1.96. The van der Waals surface area contributed by atoms with E-state index in [1.54, 1.807) is 0 Å². The zero-order chi connectivity index (χ0) is 16.2. The molecule has 1 rings (SSSR count). The van der Waals surface area contributed by atoms with E-state index in [1.807, 2.05) is 32.8 Å². The monoisotopic (exact) mass is 295 g/mol. The molecule has 1 aromatic carbocycles. The van der Waals surface area contributed by atoms with Crippen LogP contribution in [0.3, 0.4) is 0 Å². The number of hydrogen-bond acceptors (Lipinski definition) is 5. The number of likely N-dealkylation sites (N-methyl/N-ethyl adjacent to an activating group) is 1. The molecule has 0 aliphatic rings. The lowest BCUT2D eigenvalue weighted by Crippen LogP contribution is -2.36. The molecule has 116 valence electrons. The minimum atomic E-state index is -1.11. The number of nitro benzene ring substituents is 1. The van der Waals surface area contributed by atoms with Gasteiger partial charge in [0.05, 0.1) is 10.5 Å². The van der Waals surface area contributed by atoms with Gasteiger partial charge in [-0.1, -0.05) is 13.8 Å². The van der Waals surface area contributed by atoms with Crippen LogP contribution in [-0.2, 0) is 0 Å². The Morgan fingerprint density at radius 2 is 2.05 bits per heavy atom. The van der Waals surface area contributed by atoms with E-state index >= 15 is 0 Å². The predicted octanol–water partition coefficient (Wildman–Crippen LogP) is 2.29. The lowest BCUT2D eigenvalue weighted by Gasteiger charge is -2.26. The van der Waals surface area contributed by atoms with Crippen LogP contribution in [0.2, 0.25) is 0 Å². The summed E-state index contributed by atoms with van der Waals surface area (Å²) in [6, 6.07) is 3.74. The predicted molar refractivity (Wildman–Crippen MR) is 80.9 cm³/mol. The van der Waals surface area contributed by atoms with Gasteiger partial charge in [-0.15, -0.1) is 0 Å². The number of hydrogen-bond donors (Lipinski definition) is 2. The lowest BCUT2D eigenvalue weighted by molar-refractivity contribution is -0.384. The Morgan fingerprint density at radius 3 is 2.48 bits per heavy atom. The molecule has 0 aliphatic carbocycles. The number of anilines is 1. The Bertz CT molecular complexity index is 529. The Morgan fingerprint density at radius 1 is 1.43 bits per heavy atom. The van der Waals surface area contributed by atoms with Crippen LogP contribution in [0.4, 0.5) is 11.4 Å². The molecule has 7 nitrogen and oxygen atoms in total. The highest BCUT2D eigenvalue weighted by Crippen LogP contribution is 2.27. The van der Waals surface area contributed by atoms with E-state index in [2.05, 4.69) is 5.32 Å². The third-order valence-corrected chi connectivity index (χ3v) is 3.15. The van der Waals surface area contributed by atoms with E-state index in [0.29, 0.717) is 6.54 Å². The second kappa shape index (κ2) is 7.03. The minimum Gasteiger partial charge on any atom is -0.478 e. The molecule has 0 fully saturated rings. The van der Waals surface area contributed by atoms with E-state index in [1.165, 1.54) is 18.2 Å². The molecular weight excluding hydrogens is 274 g/mol. The third kappa shape index (κ3) is 4.71. The molecule has 0 saturated carbocycles. The first-order chi connectivity index (χ1) is 9.72. The Hall–Kier alpha value is -2.15. The lowest BCUT2D eigenvalue weighted by atomic mass is 10.0. The smallest absolute Gasteiger partial charge is 0.335 e. The molecule has 1 atom stereocenters. The molecule has 0 amide bonds. The summed E-state index contributed by atoms with van der Waals surface area (Å²) >= 11 is 0. The highest BCUT2D eigenvalue weighted by atomic mass is 16.6. The zero-order valence-corrected chi connectivity index (χ0v) is 12.7. The van der Waals surface area contributed by atoms with Gasteiger partial charge in [-0.25, -0.2) is 4.79 Å². The SMILES string of the molecule is CC(C)C(CN(C)C)Nc1cc(C(=O)O)ccc1[N+](=O)[O-]. The van der Waals surface area contributed by atoms with Gasteiger partial charge in [-0.05, 0) is 32.1 Å². The number of carboxylic acid groups (broad SMARTS) is 1. The van der Waals surface area contributed by atoms with E-state index in [4.69, 9.17) is 5.11 Å². The molecule has 1 aromatic rings. The first kappa shape index (κ1) is 16.9. The van der Waals surface area contributed by atoms with Crippen molar-refractivity contribution in [3.05, 3.63) is 33.9 Å². The molecule has 0 radical (unpaired) electrons. The standard InChI is InChI=1S/C14H21N3O4/c1-9(2)12(8-16(3)4)15-11-7-10(14(18)19)5-6-13(11)17(20)21/h5-7,9,12,15H,8H2,1-4H3,(H,18,19). The van der Waals surface area contributed by atoms with Crippen molar-refractivity contribution in [2.24, 2.45) is 5.92 Å².